The molecular formula is C15H29N3O2. The predicted molar refractivity (Wildman–Crippen MR) is 79.7 cm³/mol. The van der Waals surface area contributed by atoms with Crippen LogP contribution in [0.4, 0.5) is 0 Å². The molecule has 0 aromatic carbocycles. The Labute approximate surface area is 122 Å². The van der Waals surface area contributed by atoms with E-state index in [0.29, 0.717) is 24.5 Å². The van der Waals surface area contributed by atoms with E-state index in [1.165, 1.54) is 12.8 Å². The Hall–Kier alpha value is -0.650. The summed E-state index contributed by atoms with van der Waals surface area (Å²) in [5.41, 5.74) is 0. The van der Waals surface area contributed by atoms with Crippen LogP contribution in [-0.4, -0.2) is 62.3 Å². The van der Waals surface area contributed by atoms with E-state index in [4.69, 9.17) is 4.74 Å². The molecule has 2 N–H and O–H groups in total. The van der Waals surface area contributed by atoms with Crippen molar-refractivity contribution >= 4 is 5.91 Å². The molecule has 1 aliphatic heterocycles. The Morgan fingerprint density at radius 3 is 2.60 bits per heavy atom. The van der Waals surface area contributed by atoms with Gasteiger partial charge in [-0.15, -0.1) is 0 Å². The topological polar surface area (TPSA) is 53.6 Å². The molecule has 1 aliphatic carbocycles. The van der Waals surface area contributed by atoms with Gasteiger partial charge in [-0.1, -0.05) is 13.8 Å². The maximum Gasteiger partial charge on any atom is 0.234 e. The van der Waals surface area contributed by atoms with Crippen molar-refractivity contribution in [2.24, 2.45) is 5.92 Å². The second kappa shape index (κ2) is 7.96. The third-order valence-electron chi connectivity index (χ3n) is 3.97. The van der Waals surface area contributed by atoms with Crippen LogP contribution < -0.4 is 10.6 Å². The molecule has 1 unspecified atom stereocenters. The van der Waals surface area contributed by atoms with Gasteiger partial charge in [0, 0.05) is 31.7 Å². The SMILES string of the molecule is CC(C)CC(CNC(=O)CNC1CC1)N1CCOCC1. The Morgan fingerprint density at radius 1 is 1.30 bits per heavy atom. The molecule has 2 rings (SSSR count). The van der Waals surface area contributed by atoms with Gasteiger partial charge in [0.05, 0.1) is 19.8 Å². The predicted octanol–water partition coefficient (Wildman–Crippen LogP) is 0.602. The summed E-state index contributed by atoms with van der Waals surface area (Å²) in [5, 5.41) is 6.34. The molecule has 0 radical (unpaired) electrons. The quantitative estimate of drug-likeness (QED) is 0.685. The molecule has 0 aromatic rings. The van der Waals surface area contributed by atoms with Crippen molar-refractivity contribution in [3.63, 3.8) is 0 Å². The second-order valence-corrected chi connectivity index (χ2v) is 6.39. The first-order valence-corrected chi connectivity index (χ1v) is 7.97. The number of nitrogens with one attached hydrogen (secondary N) is 2. The summed E-state index contributed by atoms with van der Waals surface area (Å²) in [6.07, 6.45) is 3.56. The Bertz CT molecular complexity index is 299. The summed E-state index contributed by atoms with van der Waals surface area (Å²) in [6.45, 7) is 9.28. The average Bonchev–Trinajstić information content (AvgIpc) is 3.26. The van der Waals surface area contributed by atoms with Crippen molar-refractivity contribution in [2.45, 2.75) is 45.2 Å². The lowest BCUT2D eigenvalue weighted by Crippen LogP contribution is -2.50. The van der Waals surface area contributed by atoms with Crippen LogP contribution in [0, 0.1) is 5.92 Å². The first-order valence-electron chi connectivity index (χ1n) is 7.97. The molecule has 0 spiro atoms. The Morgan fingerprint density at radius 2 is 2.00 bits per heavy atom. The lowest BCUT2D eigenvalue weighted by Gasteiger charge is -2.35. The zero-order chi connectivity index (χ0) is 14.4. The molecule has 1 saturated heterocycles. The zero-order valence-electron chi connectivity index (χ0n) is 12.9. The van der Waals surface area contributed by atoms with Gasteiger partial charge in [0.2, 0.25) is 5.91 Å². The molecular weight excluding hydrogens is 254 g/mol. The van der Waals surface area contributed by atoms with E-state index in [9.17, 15) is 4.79 Å². The van der Waals surface area contributed by atoms with Crippen LogP contribution in [0.3, 0.4) is 0 Å². The van der Waals surface area contributed by atoms with Crippen molar-refractivity contribution in [2.75, 3.05) is 39.4 Å². The third-order valence-corrected chi connectivity index (χ3v) is 3.97. The highest BCUT2D eigenvalue weighted by Crippen LogP contribution is 2.18. The summed E-state index contributed by atoms with van der Waals surface area (Å²) in [6, 6.07) is 1.02. The van der Waals surface area contributed by atoms with E-state index in [0.717, 1.165) is 39.3 Å². The van der Waals surface area contributed by atoms with Gasteiger partial charge in [-0.3, -0.25) is 9.69 Å². The fourth-order valence-corrected chi connectivity index (χ4v) is 2.67. The molecule has 20 heavy (non-hydrogen) atoms. The number of carbonyl (C=O) groups is 1. The number of morpholine rings is 1. The molecule has 0 bridgehead atoms. The zero-order valence-corrected chi connectivity index (χ0v) is 12.9. The van der Waals surface area contributed by atoms with Crippen LogP contribution in [0.5, 0.6) is 0 Å². The lowest BCUT2D eigenvalue weighted by atomic mass is 10.0. The van der Waals surface area contributed by atoms with E-state index in [1.807, 2.05) is 0 Å². The summed E-state index contributed by atoms with van der Waals surface area (Å²) in [4.78, 5) is 14.3. The molecule has 2 fully saturated rings. The number of amides is 1. The highest BCUT2D eigenvalue weighted by atomic mass is 16.5. The number of carbonyl (C=O) groups excluding carboxylic acids is 1. The Balaban J connectivity index is 1.71. The molecule has 1 amide bonds. The highest BCUT2D eigenvalue weighted by Gasteiger charge is 2.23. The van der Waals surface area contributed by atoms with Gasteiger partial charge in [-0.05, 0) is 25.2 Å². The van der Waals surface area contributed by atoms with Crippen LogP contribution in [0.1, 0.15) is 33.1 Å². The first-order chi connectivity index (χ1) is 9.65. The standard InChI is InChI=1S/C15H29N3O2/c1-12(2)9-14(18-5-7-20-8-6-18)10-17-15(19)11-16-13-3-4-13/h12-14,16H,3-11H2,1-2H3,(H,17,19). The fourth-order valence-electron chi connectivity index (χ4n) is 2.67. The molecule has 1 saturated carbocycles. The van der Waals surface area contributed by atoms with Gasteiger partial charge in [0.25, 0.3) is 0 Å². The van der Waals surface area contributed by atoms with Crippen molar-refractivity contribution in [3.8, 4) is 0 Å². The van der Waals surface area contributed by atoms with Crippen LogP contribution in [0.25, 0.3) is 0 Å². The third kappa shape index (κ3) is 5.77. The molecule has 5 heteroatoms. The van der Waals surface area contributed by atoms with Gasteiger partial charge in [-0.25, -0.2) is 0 Å². The van der Waals surface area contributed by atoms with Gasteiger partial charge < -0.3 is 15.4 Å². The summed E-state index contributed by atoms with van der Waals surface area (Å²) in [5.74, 6) is 0.767. The van der Waals surface area contributed by atoms with E-state index in [2.05, 4.69) is 29.4 Å². The molecule has 0 aromatic heterocycles. The van der Waals surface area contributed by atoms with Gasteiger partial charge in [0.1, 0.15) is 0 Å². The minimum Gasteiger partial charge on any atom is -0.379 e. The minimum absolute atomic E-state index is 0.124. The number of rotatable bonds is 8. The maximum absolute atomic E-state index is 11.8. The van der Waals surface area contributed by atoms with E-state index >= 15 is 0 Å². The van der Waals surface area contributed by atoms with Crippen molar-refractivity contribution in [3.05, 3.63) is 0 Å². The smallest absolute Gasteiger partial charge is 0.234 e. The van der Waals surface area contributed by atoms with E-state index in [1.54, 1.807) is 0 Å². The van der Waals surface area contributed by atoms with Crippen LogP contribution >= 0.6 is 0 Å². The van der Waals surface area contributed by atoms with Crippen molar-refractivity contribution in [1.82, 2.24) is 15.5 Å². The fraction of sp³-hybridized carbons (Fsp3) is 0.933. The van der Waals surface area contributed by atoms with Crippen molar-refractivity contribution < 1.29 is 9.53 Å². The van der Waals surface area contributed by atoms with Crippen LogP contribution in [0.15, 0.2) is 0 Å². The Kier molecular flexibility index (Phi) is 6.26. The summed E-state index contributed by atoms with van der Waals surface area (Å²) < 4.78 is 5.41. The monoisotopic (exact) mass is 283 g/mol. The molecule has 116 valence electrons. The largest absolute Gasteiger partial charge is 0.379 e. The summed E-state index contributed by atoms with van der Waals surface area (Å²) >= 11 is 0. The van der Waals surface area contributed by atoms with Gasteiger partial charge >= 0.3 is 0 Å². The molecule has 5 nitrogen and oxygen atoms in total. The van der Waals surface area contributed by atoms with Gasteiger partial charge in [0.15, 0.2) is 0 Å². The van der Waals surface area contributed by atoms with Crippen LogP contribution in [0.2, 0.25) is 0 Å². The van der Waals surface area contributed by atoms with Crippen LogP contribution in [-0.2, 0) is 9.53 Å². The lowest BCUT2D eigenvalue weighted by molar-refractivity contribution is -0.120. The van der Waals surface area contributed by atoms with Gasteiger partial charge in [-0.2, -0.15) is 0 Å². The highest BCUT2D eigenvalue weighted by molar-refractivity contribution is 5.78. The van der Waals surface area contributed by atoms with E-state index < -0.39 is 0 Å². The molecule has 1 atom stereocenters. The molecule has 2 aliphatic rings. The number of nitrogens with zero attached hydrogens (tertiary/aromatic N) is 1. The number of ether oxygens (including phenoxy) is 1. The second-order valence-electron chi connectivity index (χ2n) is 6.39. The maximum atomic E-state index is 11.8. The number of hydrogen-bond donors (Lipinski definition) is 2. The normalized spacial score (nSPS) is 21.9. The number of hydrogen-bond acceptors (Lipinski definition) is 4. The average molecular weight is 283 g/mol. The van der Waals surface area contributed by atoms with Crippen molar-refractivity contribution in [1.29, 1.82) is 0 Å². The summed E-state index contributed by atoms with van der Waals surface area (Å²) in [7, 11) is 0. The first kappa shape index (κ1) is 15.7. The molecule has 1 heterocycles. The van der Waals surface area contributed by atoms with E-state index in [-0.39, 0.29) is 5.91 Å². The minimum atomic E-state index is 0.124.